The SMILES string of the molecule is CN(C)CCCOc1ccccc1CC(C(=O)O)c1cccs1. The molecule has 0 aliphatic rings. The highest BCUT2D eigenvalue weighted by Crippen LogP contribution is 2.29. The van der Waals surface area contributed by atoms with Crippen LogP contribution in [0.1, 0.15) is 22.8 Å². The van der Waals surface area contributed by atoms with E-state index in [4.69, 9.17) is 4.74 Å². The Kier molecular flexibility index (Phi) is 6.62. The first-order valence-electron chi connectivity index (χ1n) is 7.69. The van der Waals surface area contributed by atoms with Crippen LogP contribution in [-0.2, 0) is 11.2 Å². The van der Waals surface area contributed by atoms with Gasteiger partial charge in [-0.1, -0.05) is 24.3 Å². The molecule has 124 valence electrons. The number of carbonyl (C=O) groups is 1. The van der Waals surface area contributed by atoms with Crippen molar-refractivity contribution in [3.8, 4) is 5.75 Å². The molecule has 1 unspecified atom stereocenters. The predicted octanol–water partition coefficient (Wildman–Crippen LogP) is 3.49. The van der Waals surface area contributed by atoms with Gasteiger partial charge in [0.05, 0.1) is 12.5 Å². The van der Waals surface area contributed by atoms with E-state index in [1.54, 1.807) is 0 Å². The number of thiophene rings is 1. The van der Waals surface area contributed by atoms with Gasteiger partial charge in [0.25, 0.3) is 0 Å². The first kappa shape index (κ1) is 17.5. The number of nitrogens with zero attached hydrogens (tertiary/aromatic N) is 1. The van der Waals surface area contributed by atoms with Gasteiger partial charge < -0.3 is 14.7 Å². The van der Waals surface area contributed by atoms with Crippen molar-refractivity contribution in [2.45, 2.75) is 18.8 Å². The van der Waals surface area contributed by atoms with Crippen LogP contribution in [0, 0.1) is 0 Å². The average Bonchev–Trinajstić information content (AvgIpc) is 3.03. The fourth-order valence-electron chi connectivity index (χ4n) is 2.40. The van der Waals surface area contributed by atoms with Gasteiger partial charge in [-0.05, 0) is 50.0 Å². The summed E-state index contributed by atoms with van der Waals surface area (Å²) in [6.45, 7) is 1.60. The van der Waals surface area contributed by atoms with Crippen molar-refractivity contribution in [1.29, 1.82) is 0 Å². The number of para-hydroxylation sites is 1. The third kappa shape index (κ3) is 5.37. The molecule has 2 aromatic rings. The number of hydrogen-bond acceptors (Lipinski definition) is 4. The van der Waals surface area contributed by atoms with Crippen molar-refractivity contribution in [1.82, 2.24) is 4.90 Å². The molecule has 0 bridgehead atoms. The summed E-state index contributed by atoms with van der Waals surface area (Å²) in [4.78, 5) is 14.6. The number of carboxylic acids is 1. The second-order valence-corrected chi connectivity index (χ2v) is 6.70. The molecular weight excluding hydrogens is 310 g/mol. The van der Waals surface area contributed by atoms with Crippen molar-refractivity contribution in [2.24, 2.45) is 0 Å². The summed E-state index contributed by atoms with van der Waals surface area (Å²) in [6, 6.07) is 11.5. The average molecular weight is 333 g/mol. The molecule has 0 saturated heterocycles. The molecule has 0 amide bonds. The lowest BCUT2D eigenvalue weighted by atomic mass is 9.97. The number of carboxylic acid groups (broad SMARTS) is 1. The predicted molar refractivity (Wildman–Crippen MR) is 93.5 cm³/mol. The lowest BCUT2D eigenvalue weighted by Gasteiger charge is -2.16. The summed E-state index contributed by atoms with van der Waals surface area (Å²) in [5.74, 6) is -0.537. The molecule has 1 heterocycles. The smallest absolute Gasteiger partial charge is 0.312 e. The highest BCUT2D eigenvalue weighted by Gasteiger charge is 2.22. The van der Waals surface area contributed by atoms with Crippen molar-refractivity contribution < 1.29 is 14.6 Å². The Morgan fingerprint density at radius 2 is 2.04 bits per heavy atom. The topological polar surface area (TPSA) is 49.8 Å². The van der Waals surface area contributed by atoms with Gasteiger partial charge in [-0.3, -0.25) is 4.79 Å². The van der Waals surface area contributed by atoms with E-state index in [1.165, 1.54) is 11.3 Å². The van der Waals surface area contributed by atoms with Crippen LogP contribution >= 0.6 is 11.3 Å². The third-order valence-corrected chi connectivity index (χ3v) is 4.57. The van der Waals surface area contributed by atoms with Gasteiger partial charge in [-0.15, -0.1) is 11.3 Å². The maximum atomic E-state index is 11.6. The first-order chi connectivity index (χ1) is 11.1. The Morgan fingerprint density at radius 3 is 2.70 bits per heavy atom. The molecule has 1 aromatic heterocycles. The van der Waals surface area contributed by atoms with Crippen LogP contribution in [0.5, 0.6) is 5.75 Å². The molecule has 4 nitrogen and oxygen atoms in total. The molecule has 2 rings (SSSR count). The van der Waals surface area contributed by atoms with E-state index in [9.17, 15) is 9.90 Å². The molecule has 0 fully saturated rings. The fourth-order valence-corrected chi connectivity index (χ4v) is 3.22. The Balaban J connectivity index is 2.05. The monoisotopic (exact) mass is 333 g/mol. The summed E-state index contributed by atoms with van der Waals surface area (Å²) in [7, 11) is 4.07. The Hall–Kier alpha value is -1.85. The normalized spacial score (nSPS) is 12.3. The maximum Gasteiger partial charge on any atom is 0.312 e. The standard InChI is InChI=1S/C18H23NO3S/c1-19(2)10-6-11-22-16-8-4-3-7-14(16)13-15(18(20)21)17-9-5-12-23-17/h3-5,7-9,12,15H,6,10-11,13H2,1-2H3,(H,20,21). The van der Waals surface area contributed by atoms with Gasteiger partial charge in [0, 0.05) is 11.4 Å². The molecule has 1 aromatic carbocycles. The molecule has 0 aliphatic carbocycles. The zero-order chi connectivity index (χ0) is 16.7. The summed E-state index contributed by atoms with van der Waals surface area (Å²) < 4.78 is 5.87. The first-order valence-corrected chi connectivity index (χ1v) is 8.57. The van der Waals surface area contributed by atoms with Crippen molar-refractivity contribution in [3.05, 3.63) is 52.2 Å². The highest BCUT2D eigenvalue weighted by molar-refractivity contribution is 7.10. The quantitative estimate of drug-likeness (QED) is 0.714. The molecule has 0 saturated carbocycles. The van der Waals surface area contributed by atoms with E-state index < -0.39 is 11.9 Å². The molecule has 1 atom stereocenters. The number of hydrogen-bond donors (Lipinski definition) is 1. The Bertz CT molecular complexity index is 610. The number of rotatable bonds is 9. The van der Waals surface area contributed by atoms with Crippen LogP contribution < -0.4 is 4.74 Å². The van der Waals surface area contributed by atoms with E-state index in [-0.39, 0.29) is 0 Å². The van der Waals surface area contributed by atoms with Crippen LogP contribution in [0.25, 0.3) is 0 Å². The van der Waals surface area contributed by atoms with Crippen molar-refractivity contribution >= 4 is 17.3 Å². The van der Waals surface area contributed by atoms with Crippen LogP contribution in [0.15, 0.2) is 41.8 Å². The molecule has 1 N–H and O–H groups in total. The summed E-state index contributed by atoms with van der Waals surface area (Å²) in [6.07, 6.45) is 1.38. The van der Waals surface area contributed by atoms with Gasteiger partial charge in [0.15, 0.2) is 0 Å². The lowest BCUT2D eigenvalue weighted by Crippen LogP contribution is -2.16. The Morgan fingerprint density at radius 1 is 1.26 bits per heavy atom. The van der Waals surface area contributed by atoms with Gasteiger partial charge >= 0.3 is 5.97 Å². The molecule has 0 radical (unpaired) electrons. The second kappa shape index (κ2) is 8.70. The highest BCUT2D eigenvalue weighted by atomic mass is 32.1. The minimum atomic E-state index is -0.796. The largest absolute Gasteiger partial charge is 0.493 e. The maximum absolute atomic E-state index is 11.6. The van der Waals surface area contributed by atoms with E-state index in [2.05, 4.69) is 4.90 Å². The van der Waals surface area contributed by atoms with Crippen molar-refractivity contribution in [3.63, 3.8) is 0 Å². The Labute approximate surface area is 141 Å². The molecule has 0 spiro atoms. The third-order valence-electron chi connectivity index (χ3n) is 3.59. The van der Waals surface area contributed by atoms with E-state index in [0.29, 0.717) is 13.0 Å². The minimum Gasteiger partial charge on any atom is -0.493 e. The van der Waals surface area contributed by atoms with Crippen LogP contribution in [-0.4, -0.2) is 43.2 Å². The van der Waals surface area contributed by atoms with Gasteiger partial charge in [-0.25, -0.2) is 0 Å². The van der Waals surface area contributed by atoms with Crippen LogP contribution in [0.2, 0.25) is 0 Å². The number of aliphatic carboxylic acids is 1. The van der Waals surface area contributed by atoms with Gasteiger partial charge in [0.2, 0.25) is 0 Å². The molecule has 5 heteroatoms. The van der Waals surface area contributed by atoms with Gasteiger partial charge in [-0.2, -0.15) is 0 Å². The van der Waals surface area contributed by atoms with Crippen molar-refractivity contribution in [2.75, 3.05) is 27.2 Å². The molecule has 0 aliphatic heterocycles. The minimum absolute atomic E-state index is 0.444. The zero-order valence-electron chi connectivity index (χ0n) is 13.6. The lowest BCUT2D eigenvalue weighted by molar-refractivity contribution is -0.138. The zero-order valence-corrected chi connectivity index (χ0v) is 14.4. The van der Waals surface area contributed by atoms with E-state index >= 15 is 0 Å². The van der Waals surface area contributed by atoms with E-state index in [0.717, 1.165) is 29.2 Å². The van der Waals surface area contributed by atoms with Gasteiger partial charge in [0.1, 0.15) is 5.75 Å². The molecule has 23 heavy (non-hydrogen) atoms. The number of benzene rings is 1. The fraction of sp³-hybridized carbons (Fsp3) is 0.389. The summed E-state index contributed by atoms with van der Waals surface area (Å²) in [5.41, 5.74) is 0.943. The summed E-state index contributed by atoms with van der Waals surface area (Å²) >= 11 is 1.48. The van der Waals surface area contributed by atoms with E-state index in [1.807, 2.05) is 55.9 Å². The van der Waals surface area contributed by atoms with Crippen LogP contribution in [0.3, 0.4) is 0 Å². The molecular formula is C18H23NO3S. The second-order valence-electron chi connectivity index (χ2n) is 5.72. The number of ether oxygens (including phenoxy) is 1. The summed E-state index contributed by atoms with van der Waals surface area (Å²) in [5, 5.41) is 11.4. The van der Waals surface area contributed by atoms with Crippen LogP contribution in [0.4, 0.5) is 0 Å².